The van der Waals surface area contributed by atoms with Crippen LogP contribution in [-0.2, 0) is 0 Å². The summed E-state index contributed by atoms with van der Waals surface area (Å²) in [5.74, 6) is 6.43. The van der Waals surface area contributed by atoms with Gasteiger partial charge in [0, 0.05) is 12.2 Å². The zero-order valence-electron chi connectivity index (χ0n) is 9.99. The van der Waals surface area contributed by atoms with Crippen LogP contribution in [0.2, 0.25) is 0 Å². The van der Waals surface area contributed by atoms with Crippen molar-refractivity contribution in [3.05, 3.63) is 24.0 Å². The monoisotopic (exact) mass is 221 g/mol. The fourth-order valence-corrected chi connectivity index (χ4v) is 1.07. The molecule has 0 aliphatic carbocycles. The van der Waals surface area contributed by atoms with Crippen LogP contribution in [0.1, 0.15) is 19.5 Å². The summed E-state index contributed by atoms with van der Waals surface area (Å²) in [5.41, 5.74) is 4.38. The molecule has 0 saturated heterocycles. The molecule has 1 heterocycles. The maximum Gasteiger partial charge on any atom is 0.210 e. The number of aliphatic imine (C=N–C) groups is 1. The minimum absolute atomic E-state index is 0.501. The average Bonchev–Trinajstić information content (AvgIpc) is 2.26. The first-order valence-corrected chi connectivity index (χ1v) is 5.32. The Kier molecular flexibility index (Phi) is 4.72. The van der Waals surface area contributed by atoms with Crippen molar-refractivity contribution in [1.82, 2.24) is 10.4 Å². The van der Waals surface area contributed by atoms with E-state index in [0.29, 0.717) is 11.9 Å². The highest BCUT2D eigenvalue weighted by Gasteiger charge is 1.99. The molecule has 4 N–H and O–H groups in total. The molecule has 5 nitrogen and oxygen atoms in total. The van der Waals surface area contributed by atoms with Crippen LogP contribution in [0.4, 0.5) is 5.69 Å². The van der Waals surface area contributed by atoms with Crippen molar-refractivity contribution < 1.29 is 0 Å². The van der Waals surface area contributed by atoms with Crippen molar-refractivity contribution in [2.45, 2.75) is 20.8 Å². The number of anilines is 1. The number of aromatic nitrogens is 1. The van der Waals surface area contributed by atoms with Gasteiger partial charge in [-0.25, -0.2) is 5.84 Å². The van der Waals surface area contributed by atoms with E-state index >= 15 is 0 Å². The first-order valence-electron chi connectivity index (χ1n) is 5.32. The Morgan fingerprint density at radius 2 is 2.25 bits per heavy atom. The van der Waals surface area contributed by atoms with Gasteiger partial charge in [0.05, 0.1) is 11.9 Å². The lowest BCUT2D eigenvalue weighted by Gasteiger charge is -2.09. The molecule has 0 aliphatic rings. The Hall–Kier alpha value is -1.62. The normalized spacial score (nSPS) is 11.7. The number of guanidine groups is 1. The van der Waals surface area contributed by atoms with E-state index in [1.165, 1.54) is 0 Å². The first-order chi connectivity index (χ1) is 7.61. The largest absolute Gasteiger partial charge is 0.324 e. The molecule has 0 spiro atoms. The number of nitrogens with one attached hydrogen (secondary N) is 2. The minimum atomic E-state index is 0.501. The highest BCUT2D eigenvalue weighted by molar-refractivity contribution is 5.92. The highest BCUT2D eigenvalue weighted by Crippen LogP contribution is 2.05. The summed E-state index contributed by atoms with van der Waals surface area (Å²) < 4.78 is 0. The van der Waals surface area contributed by atoms with Crippen LogP contribution in [0.25, 0.3) is 0 Å². The Morgan fingerprint density at radius 1 is 1.50 bits per heavy atom. The molecule has 0 aromatic carbocycles. The summed E-state index contributed by atoms with van der Waals surface area (Å²) in [6.07, 6.45) is 1.75. The minimum Gasteiger partial charge on any atom is -0.324 e. The van der Waals surface area contributed by atoms with Crippen LogP contribution < -0.4 is 16.6 Å². The van der Waals surface area contributed by atoms with Crippen LogP contribution in [0.15, 0.2) is 23.3 Å². The van der Waals surface area contributed by atoms with Crippen molar-refractivity contribution >= 4 is 11.6 Å². The molecule has 1 aromatic rings. The van der Waals surface area contributed by atoms with E-state index in [2.05, 4.69) is 34.6 Å². The fraction of sp³-hybridized carbons (Fsp3) is 0.455. The lowest BCUT2D eigenvalue weighted by Crippen LogP contribution is -2.36. The second-order valence-electron chi connectivity index (χ2n) is 4.04. The number of rotatable bonds is 3. The highest BCUT2D eigenvalue weighted by atomic mass is 15.3. The molecule has 88 valence electrons. The van der Waals surface area contributed by atoms with E-state index < -0.39 is 0 Å². The van der Waals surface area contributed by atoms with Gasteiger partial charge in [0.25, 0.3) is 0 Å². The molecule has 0 amide bonds. The van der Waals surface area contributed by atoms with E-state index in [0.717, 1.165) is 17.9 Å². The van der Waals surface area contributed by atoms with E-state index in [4.69, 9.17) is 5.84 Å². The lowest BCUT2D eigenvalue weighted by atomic mass is 10.2. The van der Waals surface area contributed by atoms with Gasteiger partial charge >= 0.3 is 0 Å². The molecular formula is C11H19N5. The Bertz CT molecular complexity index is 342. The van der Waals surface area contributed by atoms with E-state index in [1.54, 1.807) is 6.20 Å². The summed E-state index contributed by atoms with van der Waals surface area (Å²) in [6.45, 7) is 6.88. The van der Waals surface area contributed by atoms with Gasteiger partial charge in [-0.05, 0) is 25.0 Å². The predicted molar refractivity (Wildman–Crippen MR) is 67.1 cm³/mol. The van der Waals surface area contributed by atoms with E-state index in [9.17, 15) is 0 Å². The zero-order chi connectivity index (χ0) is 12.0. The molecule has 0 fully saturated rings. The average molecular weight is 221 g/mol. The van der Waals surface area contributed by atoms with Gasteiger partial charge in [-0.1, -0.05) is 13.8 Å². The smallest absolute Gasteiger partial charge is 0.210 e. The second kappa shape index (κ2) is 6.07. The number of nitrogens with zero attached hydrogens (tertiary/aromatic N) is 2. The third kappa shape index (κ3) is 4.27. The molecule has 16 heavy (non-hydrogen) atoms. The Labute approximate surface area is 96.1 Å². The topological polar surface area (TPSA) is 75.3 Å². The van der Waals surface area contributed by atoms with Crippen molar-refractivity contribution in [2.75, 3.05) is 11.9 Å². The summed E-state index contributed by atoms with van der Waals surface area (Å²) in [4.78, 5) is 8.48. The van der Waals surface area contributed by atoms with Crippen molar-refractivity contribution in [3.63, 3.8) is 0 Å². The fourth-order valence-electron chi connectivity index (χ4n) is 1.07. The van der Waals surface area contributed by atoms with Crippen LogP contribution >= 0.6 is 0 Å². The van der Waals surface area contributed by atoms with Crippen LogP contribution in [0.5, 0.6) is 0 Å². The molecule has 0 radical (unpaired) electrons. The number of nitrogens with two attached hydrogens (primary N) is 1. The third-order valence-corrected chi connectivity index (χ3v) is 1.93. The summed E-state index contributed by atoms with van der Waals surface area (Å²) >= 11 is 0. The quantitative estimate of drug-likeness (QED) is 0.311. The number of pyridine rings is 1. The molecule has 0 saturated carbocycles. The standard InChI is InChI=1S/C11H19N5/c1-8(2)6-14-11(16-12)15-10-5-4-9(3)13-7-10/h4-5,7-8H,6,12H2,1-3H3,(H2,14,15,16). The number of hydrogen-bond acceptors (Lipinski definition) is 3. The summed E-state index contributed by atoms with van der Waals surface area (Å²) in [6, 6.07) is 3.86. The zero-order valence-corrected chi connectivity index (χ0v) is 9.99. The van der Waals surface area contributed by atoms with Gasteiger partial charge in [0.1, 0.15) is 0 Å². The van der Waals surface area contributed by atoms with Crippen LogP contribution in [0.3, 0.4) is 0 Å². The van der Waals surface area contributed by atoms with E-state index in [-0.39, 0.29) is 0 Å². The third-order valence-electron chi connectivity index (χ3n) is 1.93. The maximum atomic E-state index is 5.37. The number of hydrogen-bond donors (Lipinski definition) is 3. The number of hydrazine groups is 1. The van der Waals surface area contributed by atoms with Crippen LogP contribution in [-0.4, -0.2) is 17.5 Å². The lowest BCUT2D eigenvalue weighted by molar-refractivity contribution is 0.663. The predicted octanol–water partition coefficient (Wildman–Crippen LogP) is 1.28. The van der Waals surface area contributed by atoms with Crippen molar-refractivity contribution in [2.24, 2.45) is 16.8 Å². The second-order valence-corrected chi connectivity index (χ2v) is 4.04. The first kappa shape index (κ1) is 12.4. The van der Waals surface area contributed by atoms with Gasteiger partial charge in [-0.15, -0.1) is 0 Å². The molecular weight excluding hydrogens is 202 g/mol. The number of aryl methyl sites for hydroxylation is 1. The van der Waals surface area contributed by atoms with E-state index in [1.807, 2.05) is 19.1 Å². The van der Waals surface area contributed by atoms with Crippen molar-refractivity contribution in [1.29, 1.82) is 0 Å². The molecule has 1 aromatic heterocycles. The SMILES string of the molecule is Cc1ccc(NC(=NCC(C)C)NN)cn1. The van der Waals surface area contributed by atoms with Gasteiger partial charge in [-0.3, -0.25) is 15.4 Å². The molecule has 1 rings (SSSR count). The Morgan fingerprint density at radius 3 is 2.75 bits per heavy atom. The van der Waals surface area contributed by atoms with Gasteiger partial charge in [-0.2, -0.15) is 0 Å². The summed E-state index contributed by atoms with van der Waals surface area (Å²) in [7, 11) is 0. The van der Waals surface area contributed by atoms with Gasteiger partial charge in [0.2, 0.25) is 5.96 Å². The van der Waals surface area contributed by atoms with Gasteiger partial charge < -0.3 is 5.32 Å². The molecule has 0 bridgehead atoms. The van der Waals surface area contributed by atoms with Crippen molar-refractivity contribution in [3.8, 4) is 0 Å². The summed E-state index contributed by atoms with van der Waals surface area (Å²) in [5, 5.41) is 3.06. The Balaban J connectivity index is 2.62. The molecule has 0 atom stereocenters. The van der Waals surface area contributed by atoms with Crippen LogP contribution in [0, 0.1) is 12.8 Å². The molecule has 0 aliphatic heterocycles. The maximum absolute atomic E-state index is 5.37. The van der Waals surface area contributed by atoms with Gasteiger partial charge in [0.15, 0.2) is 0 Å². The molecule has 5 heteroatoms. The molecule has 0 unspecified atom stereocenters.